The number of carbonyl (C=O) groups excluding carboxylic acids is 3. The first-order valence-corrected chi connectivity index (χ1v) is 11.6. The number of ether oxygens (including phenoxy) is 5. The molecule has 5 atom stereocenters. The Hall–Kier alpha value is -4.05. The van der Waals surface area contributed by atoms with Gasteiger partial charge in [-0.25, -0.2) is 14.4 Å². The number of benzene rings is 3. The number of aliphatic hydroxyl groups excluding tert-OH is 1. The van der Waals surface area contributed by atoms with Crippen molar-refractivity contribution >= 4 is 17.9 Å². The SMILES string of the molecule is CO[C@H]1O[C@H](COC(=O)c2ccccc2)[C@@H](O)[C@H](OC(=O)c2ccccc2)[C@@H]1OC(=O)c1ccccc1. The highest BCUT2D eigenvalue weighted by molar-refractivity contribution is 5.90. The fourth-order valence-electron chi connectivity index (χ4n) is 3.83. The Morgan fingerprint density at radius 1 is 0.703 bits per heavy atom. The van der Waals surface area contributed by atoms with E-state index >= 15 is 0 Å². The smallest absolute Gasteiger partial charge is 0.338 e. The predicted octanol–water partition coefficient (Wildman–Crippen LogP) is 3.03. The van der Waals surface area contributed by atoms with Crippen LogP contribution in [0.15, 0.2) is 91.0 Å². The monoisotopic (exact) mass is 506 g/mol. The molecule has 3 aromatic carbocycles. The molecule has 9 nitrogen and oxygen atoms in total. The summed E-state index contributed by atoms with van der Waals surface area (Å²) >= 11 is 0. The van der Waals surface area contributed by atoms with E-state index in [0.29, 0.717) is 5.56 Å². The average Bonchev–Trinajstić information content (AvgIpc) is 2.95. The minimum Gasteiger partial charge on any atom is -0.459 e. The highest BCUT2D eigenvalue weighted by Gasteiger charge is 2.50. The predicted molar refractivity (Wildman–Crippen MR) is 130 cm³/mol. The Labute approximate surface area is 213 Å². The molecule has 192 valence electrons. The van der Waals surface area contributed by atoms with Crippen molar-refractivity contribution in [3.63, 3.8) is 0 Å². The lowest BCUT2D eigenvalue weighted by Gasteiger charge is -2.42. The van der Waals surface area contributed by atoms with Gasteiger partial charge in [-0.1, -0.05) is 54.6 Å². The number of carbonyl (C=O) groups is 3. The molecule has 0 saturated carbocycles. The zero-order chi connectivity index (χ0) is 26.2. The molecule has 37 heavy (non-hydrogen) atoms. The molecule has 1 N–H and O–H groups in total. The molecule has 0 unspecified atom stereocenters. The van der Waals surface area contributed by atoms with Gasteiger partial charge < -0.3 is 28.8 Å². The second kappa shape index (κ2) is 12.3. The summed E-state index contributed by atoms with van der Waals surface area (Å²) < 4.78 is 27.7. The first-order valence-electron chi connectivity index (χ1n) is 11.6. The second-order valence-electron chi connectivity index (χ2n) is 8.21. The lowest BCUT2D eigenvalue weighted by Crippen LogP contribution is -2.61. The van der Waals surface area contributed by atoms with Gasteiger partial charge >= 0.3 is 17.9 Å². The first-order chi connectivity index (χ1) is 18.0. The molecule has 0 aliphatic carbocycles. The average molecular weight is 507 g/mol. The van der Waals surface area contributed by atoms with Crippen molar-refractivity contribution in [3.8, 4) is 0 Å². The molecule has 1 saturated heterocycles. The van der Waals surface area contributed by atoms with Crippen molar-refractivity contribution in [2.75, 3.05) is 13.7 Å². The molecule has 0 radical (unpaired) electrons. The number of methoxy groups -OCH3 is 1. The quantitative estimate of drug-likeness (QED) is 0.363. The number of aliphatic hydroxyl groups is 1. The van der Waals surface area contributed by atoms with Crippen LogP contribution in [0.4, 0.5) is 0 Å². The van der Waals surface area contributed by atoms with E-state index < -0.39 is 48.6 Å². The molecule has 3 aromatic rings. The van der Waals surface area contributed by atoms with E-state index in [2.05, 4.69) is 0 Å². The van der Waals surface area contributed by atoms with Crippen LogP contribution in [0.3, 0.4) is 0 Å². The summed E-state index contributed by atoms with van der Waals surface area (Å²) in [5, 5.41) is 11.1. The van der Waals surface area contributed by atoms with Gasteiger partial charge in [0.1, 0.15) is 18.8 Å². The van der Waals surface area contributed by atoms with Crippen LogP contribution < -0.4 is 0 Å². The van der Waals surface area contributed by atoms with Crippen LogP contribution in [0, 0.1) is 0 Å². The van der Waals surface area contributed by atoms with Gasteiger partial charge in [0.2, 0.25) is 0 Å². The summed E-state index contributed by atoms with van der Waals surface area (Å²) in [7, 11) is 1.31. The van der Waals surface area contributed by atoms with Crippen LogP contribution in [0.25, 0.3) is 0 Å². The Kier molecular flexibility index (Phi) is 8.63. The minimum absolute atomic E-state index is 0.232. The highest BCUT2D eigenvalue weighted by atomic mass is 16.7. The van der Waals surface area contributed by atoms with Gasteiger partial charge in [0.05, 0.1) is 16.7 Å². The van der Waals surface area contributed by atoms with Crippen LogP contribution in [-0.2, 0) is 23.7 Å². The molecule has 1 aliphatic rings. The largest absolute Gasteiger partial charge is 0.459 e. The Balaban J connectivity index is 1.55. The number of hydrogen-bond donors (Lipinski definition) is 1. The Bertz CT molecular complexity index is 1180. The molecule has 1 fully saturated rings. The maximum Gasteiger partial charge on any atom is 0.338 e. The van der Waals surface area contributed by atoms with Crippen molar-refractivity contribution in [3.05, 3.63) is 108 Å². The van der Waals surface area contributed by atoms with Gasteiger partial charge in [0.25, 0.3) is 0 Å². The third-order valence-corrected chi connectivity index (χ3v) is 5.74. The highest BCUT2D eigenvalue weighted by Crippen LogP contribution is 2.28. The standard InChI is InChI=1S/C28H26O9/c1-33-28-24(37-27(32)20-15-9-4-10-16-20)23(36-26(31)19-13-7-3-8-14-19)22(29)21(35-28)17-34-25(30)18-11-5-2-6-12-18/h2-16,21-24,28-29H,17H2,1H3/t21-,22-,23+,24+,28+/m1/s1. The van der Waals surface area contributed by atoms with Crippen LogP contribution >= 0.6 is 0 Å². The Morgan fingerprint density at radius 3 is 1.59 bits per heavy atom. The maximum absolute atomic E-state index is 12.9. The summed E-state index contributed by atoms with van der Waals surface area (Å²) in [5.41, 5.74) is 0.798. The van der Waals surface area contributed by atoms with E-state index in [-0.39, 0.29) is 17.7 Å². The lowest BCUT2D eigenvalue weighted by molar-refractivity contribution is -0.292. The van der Waals surface area contributed by atoms with Crippen LogP contribution in [0.2, 0.25) is 0 Å². The van der Waals surface area contributed by atoms with E-state index in [1.807, 2.05) is 0 Å². The van der Waals surface area contributed by atoms with E-state index in [4.69, 9.17) is 23.7 Å². The topological polar surface area (TPSA) is 118 Å². The van der Waals surface area contributed by atoms with Crippen LogP contribution in [0.5, 0.6) is 0 Å². The van der Waals surface area contributed by atoms with Crippen molar-refractivity contribution in [1.82, 2.24) is 0 Å². The molecule has 4 rings (SSSR count). The van der Waals surface area contributed by atoms with Gasteiger partial charge in [-0.2, -0.15) is 0 Å². The summed E-state index contributed by atoms with van der Waals surface area (Å²) in [5.74, 6) is -2.10. The zero-order valence-electron chi connectivity index (χ0n) is 20.0. The van der Waals surface area contributed by atoms with E-state index in [9.17, 15) is 19.5 Å². The normalized spacial score (nSPS) is 23.0. The molecule has 1 heterocycles. The van der Waals surface area contributed by atoms with Gasteiger partial charge in [-0.05, 0) is 36.4 Å². The second-order valence-corrected chi connectivity index (χ2v) is 8.21. The number of rotatable bonds is 8. The molecule has 0 spiro atoms. The third kappa shape index (κ3) is 6.39. The van der Waals surface area contributed by atoms with Crippen molar-refractivity contribution in [1.29, 1.82) is 0 Å². The molecular formula is C28H26O9. The molecule has 0 aromatic heterocycles. The fourth-order valence-corrected chi connectivity index (χ4v) is 3.83. The van der Waals surface area contributed by atoms with E-state index in [1.54, 1.807) is 91.0 Å². The van der Waals surface area contributed by atoms with Gasteiger partial charge in [-0.15, -0.1) is 0 Å². The number of esters is 3. The summed E-state index contributed by atoms with van der Waals surface area (Å²) in [6.07, 6.45) is -6.60. The minimum atomic E-state index is -1.52. The molecule has 9 heteroatoms. The van der Waals surface area contributed by atoms with Crippen LogP contribution in [-0.4, -0.2) is 67.4 Å². The van der Waals surface area contributed by atoms with Gasteiger partial charge in [0.15, 0.2) is 18.5 Å². The molecule has 0 amide bonds. The Morgan fingerprint density at radius 2 is 1.14 bits per heavy atom. The molecule has 0 bridgehead atoms. The third-order valence-electron chi connectivity index (χ3n) is 5.74. The summed E-state index contributed by atoms with van der Waals surface area (Å²) in [6, 6.07) is 24.7. The molecule has 1 aliphatic heterocycles. The van der Waals surface area contributed by atoms with Gasteiger partial charge in [0, 0.05) is 7.11 Å². The van der Waals surface area contributed by atoms with Gasteiger partial charge in [-0.3, -0.25) is 0 Å². The fraction of sp³-hybridized carbons (Fsp3) is 0.250. The summed E-state index contributed by atoms with van der Waals surface area (Å²) in [4.78, 5) is 38.1. The lowest BCUT2D eigenvalue weighted by atomic mass is 9.98. The van der Waals surface area contributed by atoms with Crippen molar-refractivity contribution < 1.29 is 43.2 Å². The van der Waals surface area contributed by atoms with E-state index in [1.165, 1.54) is 7.11 Å². The first kappa shape index (κ1) is 26.0. The summed E-state index contributed by atoms with van der Waals surface area (Å²) in [6.45, 7) is -0.368. The zero-order valence-corrected chi connectivity index (χ0v) is 20.0. The van der Waals surface area contributed by atoms with E-state index in [0.717, 1.165) is 0 Å². The van der Waals surface area contributed by atoms with Crippen molar-refractivity contribution in [2.24, 2.45) is 0 Å². The molecular weight excluding hydrogens is 480 g/mol. The van der Waals surface area contributed by atoms with Crippen LogP contribution in [0.1, 0.15) is 31.1 Å². The van der Waals surface area contributed by atoms with Crippen molar-refractivity contribution in [2.45, 2.75) is 30.7 Å². The number of hydrogen-bond acceptors (Lipinski definition) is 9. The maximum atomic E-state index is 12.9.